The number of nitrogens with two attached hydrogens (primary N) is 1. The van der Waals surface area contributed by atoms with E-state index in [1.807, 2.05) is 7.05 Å². The lowest BCUT2D eigenvalue weighted by Crippen LogP contribution is -2.39. The van der Waals surface area contributed by atoms with Gasteiger partial charge in [-0.15, -0.1) is 0 Å². The molecule has 104 valence electrons. The molecule has 1 fully saturated rings. The van der Waals surface area contributed by atoms with Crippen LogP contribution in [-0.2, 0) is 0 Å². The highest BCUT2D eigenvalue weighted by molar-refractivity contribution is 6.33. The molecule has 0 radical (unpaired) electrons. The van der Waals surface area contributed by atoms with Gasteiger partial charge in [-0.2, -0.15) is 0 Å². The van der Waals surface area contributed by atoms with Gasteiger partial charge in [-0.1, -0.05) is 17.7 Å². The summed E-state index contributed by atoms with van der Waals surface area (Å²) in [4.78, 5) is 16.4. The first-order valence-electron chi connectivity index (χ1n) is 6.50. The van der Waals surface area contributed by atoms with Crippen molar-refractivity contribution < 1.29 is 4.79 Å². The minimum Gasteiger partial charge on any atom is -0.397 e. The van der Waals surface area contributed by atoms with Gasteiger partial charge < -0.3 is 15.5 Å². The number of carbonyl (C=O) groups is 1. The second-order valence-electron chi connectivity index (χ2n) is 5.16. The Morgan fingerprint density at radius 1 is 1.58 bits per heavy atom. The summed E-state index contributed by atoms with van der Waals surface area (Å²) in [6.07, 6.45) is 2.33. The van der Waals surface area contributed by atoms with Crippen molar-refractivity contribution in [3.8, 4) is 0 Å². The van der Waals surface area contributed by atoms with Crippen LogP contribution in [-0.4, -0.2) is 48.9 Å². The molecule has 4 nitrogen and oxygen atoms in total. The normalized spacial score (nSPS) is 19.6. The van der Waals surface area contributed by atoms with Gasteiger partial charge in [-0.05, 0) is 38.6 Å². The Kier molecular flexibility index (Phi) is 4.32. The van der Waals surface area contributed by atoms with Crippen molar-refractivity contribution in [3.63, 3.8) is 0 Å². The van der Waals surface area contributed by atoms with Gasteiger partial charge in [0, 0.05) is 19.6 Å². The van der Waals surface area contributed by atoms with E-state index in [4.69, 9.17) is 17.3 Å². The first-order chi connectivity index (χ1) is 9.00. The maximum Gasteiger partial charge on any atom is 0.255 e. The predicted molar refractivity (Wildman–Crippen MR) is 78.5 cm³/mol. The van der Waals surface area contributed by atoms with E-state index in [9.17, 15) is 4.79 Å². The molecular formula is C14H20ClN3O. The highest BCUT2D eigenvalue weighted by Crippen LogP contribution is 2.24. The number of likely N-dealkylation sites (tertiary alicyclic amines) is 1. The number of hydrogen-bond acceptors (Lipinski definition) is 3. The van der Waals surface area contributed by atoms with E-state index in [2.05, 4.69) is 11.9 Å². The Morgan fingerprint density at radius 3 is 2.95 bits per heavy atom. The number of anilines is 1. The molecule has 2 N–H and O–H groups in total. The van der Waals surface area contributed by atoms with Crippen LogP contribution in [0, 0.1) is 0 Å². The molecule has 1 aliphatic heterocycles. The van der Waals surface area contributed by atoms with Crippen molar-refractivity contribution in [2.24, 2.45) is 0 Å². The summed E-state index contributed by atoms with van der Waals surface area (Å²) in [5, 5.41) is 0.428. The third-order valence-corrected chi connectivity index (χ3v) is 4.12. The molecule has 2 rings (SSSR count). The number of amides is 1. The molecule has 1 aromatic rings. The van der Waals surface area contributed by atoms with E-state index in [0.717, 1.165) is 19.5 Å². The number of likely N-dealkylation sites (N-methyl/N-ethyl adjacent to an activating group) is 2. The topological polar surface area (TPSA) is 49.6 Å². The summed E-state index contributed by atoms with van der Waals surface area (Å²) in [5.74, 6) is -0.0692. The lowest BCUT2D eigenvalue weighted by Gasteiger charge is -2.26. The maximum atomic E-state index is 12.4. The standard InChI is InChI=1S/C14H20ClN3O/c1-17-8-4-5-10(17)9-18(2)14(19)11-6-3-7-12(15)13(11)16/h3,6-7,10H,4-5,8-9,16H2,1-2H3. The number of nitrogen functional groups attached to an aromatic ring is 1. The van der Waals surface area contributed by atoms with E-state index in [-0.39, 0.29) is 5.91 Å². The summed E-state index contributed by atoms with van der Waals surface area (Å²) < 4.78 is 0. The van der Waals surface area contributed by atoms with Crippen molar-refractivity contribution in [1.82, 2.24) is 9.80 Å². The minimum atomic E-state index is -0.0692. The molecule has 0 saturated carbocycles. The summed E-state index contributed by atoms with van der Waals surface area (Å²) in [5.41, 5.74) is 6.71. The first kappa shape index (κ1) is 14.2. The Hall–Kier alpha value is -1.26. The predicted octanol–water partition coefficient (Wildman–Crippen LogP) is 2.09. The molecule has 5 heteroatoms. The summed E-state index contributed by atoms with van der Waals surface area (Å²) in [7, 11) is 3.92. The number of halogens is 1. The van der Waals surface area contributed by atoms with Crippen molar-refractivity contribution in [2.75, 3.05) is 32.9 Å². The fraction of sp³-hybridized carbons (Fsp3) is 0.500. The third-order valence-electron chi connectivity index (χ3n) is 3.79. The largest absolute Gasteiger partial charge is 0.397 e. The second-order valence-corrected chi connectivity index (χ2v) is 5.57. The van der Waals surface area contributed by atoms with Gasteiger partial charge in [0.25, 0.3) is 5.91 Å². The minimum absolute atomic E-state index is 0.0692. The first-order valence-corrected chi connectivity index (χ1v) is 6.88. The van der Waals surface area contributed by atoms with Crippen LogP contribution in [0.15, 0.2) is 18.2 Å². The average Bonchev–Trinajstić information content (AvgIpc) is 2.77. The van der Waals surface area contributed by atoms with Gasteiger partial charge >= 0.3 is 0 Å². The molecule has 1 unspecified atom stereocenters. The van der Waals surface area contributed by atoms with Gasteiger partial charge in [-0.3, -0.25) is 4.79 Å². The second kappa shape index (κ2) is 5.80. The molecule has 0 bridgehead atoms. The van der Waals surface area contributed by atoms with Gasteiger partial charge in [0.1, 0.15) is 0 Å². The zero-order chi connectivity index (χ0) is 14.0. The van der Waals surface area contributed by atoms with Crippen LogP contribution in [0.25, 0.3) is 0 Å². The van der Waals surface area contributed by atoms with E-state index in [1.165, 1.54) is 6.42 Å². The van der Waals surface area contributed by atoms with E-state index in [0.29, 0.717) is 22.3 Å². The molecule has 1 heterocycles. The number of hydrogen-bond donors (Lipinski definition) is 1. The van der Waals surface area contributed by atoms with Crippen LogP contribution in [0.3, 0.4) is 0 Å². The highest BCUT2D eigenvalue weighted by Gasteiger charge is 2.25. The lowest BCUT2D eigenvalue weighted by molar-refractivity contribution is 0.0762. The van der Waals surface area contributed by atoms with Crippen LogP contribution >= 0.6 is 11.6 Å². The number of carbonyl (C=O) groups excluding carboxylic acids is 1. The molecule has 1 saturated heterocycles. The number of nitrogens with zero attached hydrogens (tertiary/aromatic N) is 2. The molecule has 1 aliphatic rings. The van der Waals surface area contributed by atoms with Crippen LogP contribution in [0.1, 0.15) is 23.2 Å². The molecule has 1 atom stereocenters. The lowest BCUT2D eigenvalue weighted by atomic mass is 10.1. The summed E-state index contributed by atoms with van der Waals surface area (Å²) >= 11 is 5.95. The SMILES string of the molecule is CN(CC1CCCN1C)C(=O)c1cccc(Cl)c1N. The zero-order valence-corrected chi connectivity index (χ0v) is 12.2. The summed E-state index contributed by atoms with van der Waals surface area (Å²) in [6.45, 7) is 1.83. The Balaban J connectivity index is 2.08. The van der Waals surface area contributed by atoms with E-state index >= 15 is 0 Å². The molecule has 0 spiro atoms. The summed E-state index contributed by atoms with van der Waals surface area (Å²) in [6, 6.07) is 5.60. The molecule has 19 heavy (non-hydrogen) atoms. The van der Waals surface area contributed by atoms with Crippen LogP contribution in [0.2, 0.25) is 5.02 Å². The van der Waals surface area contributed by atoms with Crippen molar-refractivity contribution in [1.29, 1.82) is 0 Å². The van der Waals surface area contributed by atoms with Crippen molar-refractivity contribution in [3.05, 3.63) is 28.8 Å². The molecular weight excluding hydrogens is 262 g/mol. The smallest absolute Gasteiger partial charge is 0.255 e. The molecule has 0 aromatic heterocycles. The van der Waals surface area contributed by atoms with Crippen LogP contribution < -0.4 is 5.73 Å². The highest BCUT2D eigenvalue weighted by atomic mass is 35.5. The van der Waals surface area contributed by atoms with Gasteiger partial charge in [0.2, 0.25) is 0 Å². The number of benzene rings is 1. The fourth-order valence-electron chi connectivity index (χ4n) is 2.54. The molecule has 0 aliphatic carbocycles. The van der Waals surface area contributed by atoms with Crippen molar-refractivity contribution >= 4 is 23.2 Å². The fourth-order valence-corrected chi connectivity index (χ4v) is 2.71. The molecule has 1 aromatic carbocycles. The molecule has 1 amide bonds. The number of rotatable bonds is 3. The maximum absolute atomic E-state index is 12.4. The zero-order valence-electron chi connectivity index (χ0n) is 11.4. The monoisotopic (exact) mass is 281 g/mol. The Labute approximate surface area is 119 Å². The van der Waals surface area contributed by atoms with Crippen LogP contribution in [0.5, 0.6) is 0 Å². The van der Waals surface area contributed by atoms with Crippen LogP contribution in [0.4, 0.5) is 5.69 Å². The Bertz CT molecular complexity index is 478. The third kappa shape index (κ3) is 3.01. The van der Waals surface area contributed by atoms with E-state index in [1.54, 1.807) is 23.1 Å². The Morgan fingerprint density at radius 2 is 2.32 bits per heavy atom. The van der Waals surface area contributed by atoms with E-state index < -0.39 is 0 Å². The van der Waals surface area contributed by atoms with Gasteiger partial charge in [-0.25, -0.2) is 0 Å². The number of para-hydroxylation sites is 1. The average molecular weight is 282 g/mol. The quantitative estimate of drug-likeness (QED) is 0.863. The van der Waals surface area contributed by atoms with Gasteiger partial charge in [0.15, 0.2) is 0 Å². The van der Waals surface area contributed by atoms with Crippen molar-refractivity contribution in [2.45, 2.75) is 18.9 Å². The van der Waals surface area contributed by atoms with Gasteiger partial charge in [0.05, 0.1) is 16.3 Å².